The van der Waals surface area contributed by atoms with Gasteiger partial charge >= 0.3 is 0 Å². The summed E-state index contributed by atoms with van der Waals surface area (Å²) in [5.74, 6) is 0.744. The maximum Gasteiger partial charge on any atom is 0.225 e. The van der Waals surface area contributed by atoms with Gasteiger partial charge in [0, 0.05) is 12.5 Å². The second kappa shape index (κ2) is 4.39. The van der Waals surface area contributed by atoms with Crippen molar-refractivity contribution < 1.29 is 4.79 Å². The van der Waals surface area contributed by atoms with E-state index in [-0.39, 0.29) is 5.91 Å². The number of nitrogen functional groups attached to an aromatic ring is 1. The first-order chi connectivity index (χ1) is 6.22. The zero-order valence-electron chi connectivity index (χ0n) is 7.45. The lowest BCUT2D eigenvalue weighted by Gasteiger charge is -2.02. The van der Waals surface area contributed by atoms with Crippen LogP contribution in [0, 0.1) is 0 Å². The van der Waals surface area contributed by atoms with Crippen LogP contribution >= 0.6 is 0 Å². The smallest absolute Gasteiger partial charge is 0.225 e. The summed E-state index contributed by atoms with van der Waals surface area (Å²) in [6, 6.07) is 1.52. The highest BCUT2D eigenvalue weighted by Gasteiger charge is 2.01. The molecule has 0 fully saturated rings. The van der Waals surface area contributed by atoms with Crippen molar-refractivity contribution >= 4 is 17.5 Å². The van der Waals surface area contributed by atoms with Crippen LogP contribution in [-0.2, 0) is 4.79 Å². The number of hydrogen-bond donors (Lipinski definition) is 2. The van der Waals surface area contributed by atoms with Gasteiger partial charge in [0.05, 0.1) is 0 Å². The lowest BCUT2D eigenvalue weighted by atomic mass is 10.3. The zero-order valence-corrected chi connectivity index (χ0v) is 7.45. The van der Waals surface area contributed by atoms with Gasteiger partial charge in [-0.2, -0.15) is 0 Å². The fourth-order valence-electron chi connectivity index (χ4n) is 0.873. The van der Waals surface area contributed by atoms with E-state index >= 15 is 0 Å². The maximum absolute atomic E-state index is 11.1. The fourth-order valence-corrected chi connectivity index (χ4v) is 0.873. The van der Waals surface area contributed by atoms with Gasteiger partial charge in [0.15, 0.2) is 0 Å². The van der Waals surface area contributed by atoms with Crippen molar-refractivity contribution in [3.63, 3.8) is 0 Å². The molecule has 0 spiro atoms. The molecule has 1 heterocycles. The highest BCUT2D eigenvalue weighted by atomic mass is 16.1. The van der Waals surface area contributed by atoms with Crippen LogP contribution in [0.25, 0.3) is 0 Å². The van der Waals surface area contributed by atoms with Gasteiger partial charge in [-0.25, -0.2) is 9.97 Å². The Bertz CT molecular complexity index is 300. The second-order valence-electron chi connectivity index (χ2n) is 2.63. The molecule has 0 unspecified atom stereocenters. The van der Waals surface area contributed by atoms with Gasteiger partial charge in [-0.1, -0.05) is 6.92 Å². The SMILES string of the molecule is CCCC(=O)Nc1cc(N)ncn1. The molecule has 0 saturated carbocycles. The summed E-state index contributed by atoms with van der Waals surface area (Å²) < 4.78 is 0. The average Bonchev–Trinajstić information content (AvgIpc) is 2.04. The molecule has 1 rings (SSSR count). The lowest BCUT2D eigenvalue weighted by Crippen LogP contribution is -2.12. The molecule has 0 aliphatic rings. The van der Waals surface area contributed by atoms with Crippen LogP contribution in [0.4, 0.5) is 11.6 Å². The normalized spacial score (nSPS) is 9.62. The first-order valence-corrected chi connectivity index (χ1v) is 4.09. The fraction of sp³-hybridized carbons (Fsp3) is 0.375. The Morgan fingerprint density at radius 3 is 3.00 bits per heavy atom. The van der Waals surface area contributed by atoms with Crippen LogP contribution in [0.2, 0.25) is 0 Å². The van der Waals surface area contributed by atoms with E-state index in [9.17, 15) is 4.79 Å². The molecule has 1 aromatic rings. The molecule has 1 amide bonds. The van der Waals surface area contributed by atoms with Crippen molar-refractivity contribution in [2.75, 3.05) is 11.1 Å². The van der Waals surface area contributed by atoms with Crippen LogP contribution in [0.3, 0.4) is 0 Å². The number of aromatic nitrogens is 2. The molecular weight excluding hydrogens is 168 g/mol. The highest BCUT2D eigenvalue weighted by molar-refractivity contribution is 5.89. The molecule has 0 aliphatic carbocycles. The van der Waals surface area contributed by atoms with E-state index in [4.69, 9.17) is 5.73 Å². The molecule has 70 valence electrons. The Hall–Kier alpha value is -1.65. The van der Waals surface area contributed by atoms with E-state index in [1.54, 1.807) is 0 Å². The monoisotopic (exact) mass is 180 g/mol. The standard InChI is InChI=1S/C8H12N4O/c1-2-3-8(13)12-7-4-6(9)10-5-11-7/h4-5H,2-3H2,1H3,(H3,9,10,11,12,13). The van der Waals surface area contributed by atoms with E-state index in [1.165, 1.54) is 12.4 Å². The summed E-state index contributed by atoms with van der Waals surface area (Å²) >= 11 is 0. The molecule has 0 bridgehead atoms. The van der Waals surface area contributed by atoms with Crippen molar-refractivity contribution in [1.82, 2.24) is 9.97 Å². The number of rotatable bonds is 3. The van der Waals surface area contributed by atoms with Crippen LogP contribution in [0.5, 0.6) is 0 Å². The minimum atomic E-state index is -0.0550. The number of nitrogens with two attached hydrogens (primary N) is 1. The van der Waals surface area contributed by atoms with Gasteiger partial charge in [-0.15, -0.1) is 0 Å². The van der Waals surface area contributed by atoms with Gasteiger partial charge in [-0.3, -0.25) is 4.79 Å². The van der Waals surface area contributed by atoms with Gasteiger partial charge in [0.1, 0.15) is 18.0 Å². The molecule has 3 N–H and O–H groups in total. The van der Waals surface area contributed by atoms with E-state index in [2.05, 4.69) is 15.3 Å². The Morgan fingerprint density at radius 2 is 2.38 bits per heavy atom. The average molecular weight is 180 g/mol. The summed E-state index contributed by atoms with van der Waals surface area (Å²) in [5.41, 5.74) is 5.41. The lowest BCUT2D eigenvalue weighted by molar-refractivity contribution is -0.116. The van der Waals surface area contributed by atoms with Crippen molar-refractivity contribution in [3.8, 4) is 0 Å². The van der Waals surface area contributed by atoms with Crippen LogP contribution in [-0.4, -0.2) is 15.9 Å². The number of carbonyl (C=O) groups is 1. The maximum atomic E-state index is 11.1. The molecule has 0 aromatic carbocycles. The van der Waals surface area contributed by atoms with E-state index < -0.39 is 0 Å². The molecule has 0 saturated heterocycles. The van der Waals surface area contributed by atoms with Gasteiger partial charge < -0.3 is 11.1 Å². The van der Waals surface area contributed by atoms with E-state index in [0.29, 0.717) is 18.1 Å². The number of hydrogen-bond acceptors (Lipinski definition) is 4. The summed E-state index contributed by atoms with van der Waals surface area (Å²) in [5, 5.41) is 2.61. The summed E-state index contributed by atoms with van der Waals surface area (Å²) in [6.07, 6.45) is 2.62. The topological polar surface area (TPSA) is 80.9 Å². The first-order valence-electron chi connectivity index (χ1n) is 4.09. The van der Waals surface area contributed by atoms with Crippen molar-refractivity contribution in [2.24, 2.45) is 0 Å². The predicted molar refractivity (Wildman–Crippen MR) is 50.0 cm³/mol. The molecule has 13 heavy (non-hydrogen) atoms. The van der Waals surface area contributed by atoms with Crippen molar-refractivity contribution in [2.45, 2.75) is 19.8 Å². The predicted octanol–water partition coefficient (Wildman–Crippen LogP) is 0.797. The van der Waals surface area contributed by atoms with Gasteiger partial charge in [-0.05, 0) is 6.42 Å². The van der Waals surface area contributed by atoms with Crippen LogP contribution in [0.1, 0.15) is 19.8 Å². The van der Waals surface area contributed by atoms with Crippen molar-refractivity contribution in [1.29, 1.82) is 0 Å². The molecule has 1 aromatic heterocycles. The van der Waals surface area contributed by atoms with Gasteiger partial charge in [0.2, 0.25) is 5.91 Å². The molecular formula is C8H12N4O. The zero-order chi connectivity index (χ0) is 9.68. The van der Waals surface area contributed by atoms with Crippen molar-refractivity contribution in [3.05, 3.63) is 12.4 Å². The third-order valence-electron chi connectivity index (χ3n) is 1.43. The number of nitrogens with one attached hydrogen (secondary N) is 1. The van der Waals surface area contributed by atoms with E-state index in [0.717, 1.165) is 6.42 Å². The summed E-state index contributed by atoms with van der Waals surface area (Å²) in [7, 11) is 0. The van der Waals surface area contributed by atoms with Crippen LogP contribution < -0.4 is 11.1 Å². The first kappa shape index (κ1) is 9.44. The number of amides is 1. The molecule has 5 heteroatoms. The number of nitrogens with zero attached hydrogens (tertiary/aromatic N) is 2. The van der Waals surface area contributed by atoms with Gasteiger partial charge in [0.25, 0.3) is 0 Å². The third-order valence-corrected chi connectivity index (χ3v) is 1.43. The Labute approximate surface area is 76.4 Å². The van der Waals surface area contributed by atoms with E-state index in [1.807, 2.05) is 6.92 Å². The largest absolute Gasteiger partial charge is 0.384 e. The molecule has 0 atom stereocenters. The molecule has 0 aliphatic heterocycles. The third kappa shape index (κ3) is 3.06. The quantitative estimate of drug-likeness (QED) is 0.720. The number of anilines is 2. The highest BCUT2D eigenvalue weighted by Crippen LogP contribution is 2.05. The Kier molecular flexibility index (Phi) is 3.19. The minimum absolute atomic E-state index is 0.0550. The second-order valence-corrected chi connectivity index (χ2v) is 2.63. The summed E-state index contributed by atoms with van der Waals surface area (Å²) in [6.45, 7) is 1.94. The molecule has 5 nitrogen and oxygen atoms in total. The van der Waals surface area contributed by atoms with Crippen LogP contribution in [0.15, 0.2) is 12.4 Å². The molecule has 0 radical (unpaired) electrons. The minimum Gasteiger partial charge on any atom is -0.384 e. The Morgan fingerprint density at radius 1 is 1.62 bits per heavy atom. The summed E-state index contributed by atoms with van der Waals surface area (Å²) in [4.78, 5) is 18.7. The number of carbonyl (C=O) groups excluding carboxylic acids is 1. The Balaban J connectivity index is 2.58.